The highest BCUT2D eigenvalue weighted by atomic mass is 32.2. The fourth-order valence-electron chi connectivity index (χ4n) is 2.49. The molecule has 6 nitrogen and oxygen atoms in total. The van der Waals surface area contributed by atoms with E-state index in [4.69, 9.17) is 10.3 Å². The molecule has 0 bridgehead atoms. The monoisotopic (exact) mass is 370 g/mol. The fourth-order valence-corrected chi connectivity index (χ4v) is 3.11. The summed E-state index contributed by atoms with van der Waals surface area (Å²) in [5.41, 5.74) is 8.01. The molecule has 0 radical (unpaired) electrons. The van der Waals surface area contributed by atoms with Gasteiger partial charge in [0.25, 0.3) is 0 Å². The predicted octanol–water partition coefficient (Wildman–Crippen LogP) is 4.24. The van der Waals surface area contributed by atoms with Crippen LogP contribution in [0.2, 0.25) is 0 Å². The molecule has 0 saturated carbocycles. The molecule has 1 aliphatic rings. The Morgan fingerprint density at radius 3 is 2.68 bits per heavy atom. The van der Waals surface area contributed by atoms with Gasteiger partial charge in [0.05, 0.1) is 22.6 Å². The van der Waals surface area contributed by atoms with E-state index in [2.05, 4.69) is 14.4 Å². The predicted molar refractivity (Wildman–Crippen MR) is 93.2 cm³/mol. The first-order valence-corrected chi connectivity index (χ1v) is 8.77. The van der Waals surface area contributed by atoms with Gasteiger partial charge in [-0.15, -0.1) is 0 Å². The average Bonchev–Trinajstić information content (AvgIpc) is 2.81. The molecule has 1 aromatic rings. The molecular formula is C16H20F2N4O2S. The molecule has 1 heterocycles. The van der Waals surface area contributed by atoms with Crippen molar-refractivity contribution in [3.63, 3.8) is 0 Å². The van der Waals surface area contributed by atoms with Gasteiger partial charge in [0.2, 0.25) is 0 Å². The molecule has 1 aromatic carbocycles. The minimum atomic E-state index is -1.63. The first-order valence-electron chi connectivity index (χ1n) is 7.67. The van der Waals surface area contributed by atoms with Crippen LogP contribution in [0.15, 0.2) is 15.6 Å². The molecule has 136 valence electrons. The summed E-state index contributed by atoms with van der Waals surface area (Å²) in [6.45, 7) is 8.39. The smallest absolute Gasteiger partial charge is 0.171 e. The van der Waals surface area contributed by atoms with Crippen molar-refractivity contribution in [1.29, 1.82) is 0 Å². The number of hydrogen-bond donors (Lipinski definition) is 0. The van der Waals surface area contributed by atoms with Crippen LogP contribution >= 0.6 is 0 Å². The van der Waals surface area contributed by atoms with Crippen LogP contribution in [0.3, 0.4) is 0 Å². The summed E-state index contributed by atoms with van der Waals surface area (Å²) in [6.07, 6.45) is 0.265. The summed E-state index contributed by atoms with van der Waals surface area (Å²) in [5.74, 6) is -1.97. The van der Waals surface area contributed by atoms with Gasteiger partial charge < -0.3 is 4.74 Å². The molecule has 0 aromatic heterocycles. The van der Waals surface area contributed by atoms with Crippen LogP contribution in [0.1, 0.15) is 45.7 Å². The summed E-state index contributed by atoms with van der Waals surface area (Å²) in [5, 5.41) is 3.50. The summed E-state index contributed by atoms with van der Waals surface area (Å²) in [6, 6.07) is 1.07. The first kappa shape index (κ1) is 19.3. The third-order valence-electron chi connectivity index (χ3n) is 3.74. The Bertz CT molecular complexity index is 813. The van der Waals surface area contributed by atoms with Gasteiger partial charge in [-0.25, -0.2) is 13.0 Å². The lowest BCUT2D eigenvalue weighted by atomic mass is 9.97. The fraction of sp³-hybridized carbons (Fsp3) is 0.562. The third kappa shape index (κ3) is 3.99. The number of azide groups is 1. The average molecular weight is 370 g/mol. The zero-order valence-corrected chi connectivity index (χ0v) is 15.6. The quantitative estimate of drug-likeness (QED) is 0.343. The minimum absolute atomic E-state index is 0.0188. The van der Waals surface area contributed by atoms with Crippen molar-refractivity contribution >= 4 is 16.7 Å². The molecule has 2 atom stereocenters. The third-order valence-corrected chi connectivity index (χ3v) is 5.22. The summed E-state index contributed by atoms with van der Waals surface area (Å²) < 4.78 is 49.9. The topological polar surface area (TPSA) is 87.4 Å². The molecule has 0 amide bonds. The number of benzene rings is 1. The Morgan fingerprint density at radius 1 is 1.48 bits per heavy atom. The highest BCUT2D eigenvalue weighted by molar-refractivity contribution is 7.85. The van der Waals surface area contributed by atoms with Crippen LogP contribution in [0.5, 0.6) is 5.75 Å². The van der Waals surface area contributed by atoms with E-state index in [1.165, 1.54) is 6.92 Å². The van der Waals surface area contributed by atoms with Crippen LogP contribution < -0.4 is 4.74 Å². The Kier molecular flexibility index (Phi) is 5.20. The molecule has 25 heavy (non-hydrogen) atoms. The highest BCUT2D eigenvalue weighted by Gasteiger charge is 2.38. The lowest BCUT2D eigenvalue weighted by Crippen LogP contribution is -2.33. The van der Waals surface area contributed by atoms with E-state index in [0.717, 1.165) is 6.07 Å². The zero-order chi connectivity index (χ0) is 19.0. The van der Waals surface area contributed by atoms with E-state index >= 15 is 0 Å². The standard InChI is InChI=1S/C16H20F2N4O2S/c1-9(21-25(23)15(2,3)4)12-13(18)11(17)6-10-7-16(5,8-20-22-19)24-14(10)12/h6H,7-8H2,1-5H3/t16?,25-/m1/s1. The zero-order valence-electron chi connectivity index (χ0n) is 14.8. The van der Waals surface area contributed by atoms with Crippen molar-refractivity contribution in [2.75, 3.05) is 6.54 Å². The summed E-state index contributed by atoms with van der Waals surface area (Å²) in [4.78, 5) is 2.70. The van der Waals surface area contributed by atoms with E-state index in [1.54, 1.807) is 27.7 Å². The first-order chi connectivity index (χ1) is 11.5. The Hall–Kier alpha value is -1.99. The normalized spacial score (nSPS) is 21.3. The molecule has 0 spiro atoms. The second-order valence-electron chi connectivity index (χ2n) is 7.19. The molecule has 0 saturated heterocycles. The van der Waals surface area contributed by atoms with Crippen molar-refractivity contribution < 1.29 is 17.7 Å². The summed E-state index contributed by atoms with van der Waals surface area (Å²) in [7, 11) is -1.63. The largest absolute Gasteiger partial charge is 0.486 e. The van der Waals surface area contributed by atoms with E-state index in [1.807, 2.05) is 0 Å². The molecule has 9 heteroatoms. The molecular weight excluding hydrogens is 350 g/mol. The van der Waals surface area contributed by atoms with Crippen molar-refractivity contribution in [2.45, 2.75) is 51.4 Å². The maximum atomic E-state index is 14.4. The Balaban J connectivity index is 2.54. The van der Waals surface area contributed by atoms with Crippen LogP contribution in [0.25, 0.3) is 10.4 Å². The molecule has 0 fully saturated rings. The maximum Gasteiger partial charge on any atom is 0.171 e. The van der Waals surface area contributed by atoms with E-state index in [-0.39, 0.29) is 30.0 Å². The van der Waals surface area contributed by atoms with E-state index < -0.39 is 33.0 Å². The van der Waals surface area contributed by atoms with Crippen molar-refractivity contribution in [1.82, 2.24) is 0 Å². The SMILES string of the molecule is CC(=N[S@](=O)C(C)(C)C)c1c(F)c(F)cc2c1OC(C)(CN=[N+]=[N-])C2. The lowest BCUT2D eigenvalue weighted by molar-refractivity contribution is 0.125. The minimum Gasteiger partial charge on any atom is -0.486 e. The van der Waals surface area contributed by atoms with Gasteiger partial charge in [0.15, 0.2) is 11.6 Å². The van der Waals surface area contributed by atoms with Crippen molar-refractivity contribution in [3.8, 4) is 5.75 Å². The molecule has 1 aliphatic heterocycles. The maximum absolute atomic E-state index is 14.4. The Morgan fingerprint density at radius 2 is 2.12 bits per heavy atom. The van der Waals surface area contributed by atoms with Gasteiger partial charge in [0, 0.05) is 16.9 Å². The van der Waals surface area contributed by atoms with Gasteiger partial charge in [-0.3, -0.25) is 0 Å². The van der Waals surface area contributed by atoms with Gasteiger partial charge in [-0.1, -0.05) is 5.11 Å². The van der Waals surface area contributed by atoms with Crippen LogP contribution in [-0.4, -0.2) is 26.8 Å². The van der Waals surface area contributed by atoms with E-state index in [0.29, 0.717) is 5.56 Å². The van der Waals surface area contributed by atoms with E-state index in [9.17, 15) is 13.0 Å². The van der Waals surface area contributed by atoms with Gasteiger partial charge in [-0.05, 0) is 46.2 Å². The number of halogens is 2. The number of rotatable bonds is 4. The Labute approximate surface area is 147 Å². The van der Waals surface area contributed by atoms with Gasteiger partial charge in [-0.2, -0.15) is 4.40 Å². The number of hydrogen-bond acceptors (Lipinski definition) is 3. The van der Waals surface area contributed by atoms with Gasteiger partial charge in [0.1, 0.15) is 22.3 Å². The number of fused-ring (bicyclic) bond motifs is 1. The van der Waals surface area contributed by atoms with Crippen LogP contribution in [0, 0.1) is 11.6 Å². The van der Waals surface area contributed by atoms with Crippen molar-refractivity contribution in [2.24, 2.45) is 9.51 Å². The molecule has 1 unspecified atom stereocenters. The second-order valence-corrected chi connectivity index (χ2v) is 9.10. The van der Waals surface area contributed by atoms with Crippen LogP contribution in [-0.2, 0) is 17.4 Å². The number of ether oxygens (including phenoxy) is 1. The van der Waals surface area contributed by atoms with Crippen LogP contribution in [0.4, 0.5) is 8.78 Å². The second kappa shape index (κ2) is 6.72. The molecule has 0 N–H and O–H groups in total. The lowest BCUT2D eigenvalue weighted by Gasteiger charge is -2.22. The summed E-state index contributed by atoms with van der Waals surface area (Å²) >= 11 is 0. The molecule has 0 aliphatic carbocycles. The van der Waals surface area contributed by atoms with Gasteiger partial charge >= 0.3 is 0 Å². The molecule has 2 rings (SSSR count). The van der Waals surface area contributed by atoms with Crippen molar-refractivity contribution in [3.05, 3.63) is 39.3 Å². The number of nitrogens with zero attached hydrogens (tertiary/aromatic N) is 4. The highest BCUT2D eigenvalue weighted by Crippen LogP contribution is 2.40.